The van der Waals surface area contributed by atoms with Gasteiger partial charge >= 0.3 is 0 Å². The third kappa shape index (κ3) is 6.86. The van der Waals surface area contributed by atoms with Gasteiger partial charge in [-0.1, -0.05) is 24.3 Å². The van der Waals surface area contributed by atoms with Crippen LogP contribution in [0.4, 0.5) is 0 Å². The molecule has 0 heterocycles. The molecule has 21 heavy (non-hydrogen) atoms. The lowest BCUT2D eigenvalue weighted by atomic mass is 10.1. The van der Waals surface area contributed by atoms with Gasteiger partial charge in [0.2, 0.25) is 0 Å². The molecule has 1 aromatic carbocycles. The summed E-state index contributed by atoms with van der Waals surface area (Å²) in [6.07, 6.45) is 6.26. The first kappa shape index (κ1) is 17.1. The van der Waals surface area contributed by atoms with Crippen molar-refractivity contribution in [1.82, 2.24) is 5.32 Å². The number of rotatable bonds is 8. The highest BCUT2D eigenvalue weighted by atomic mass is 16.3. The molecule has 0 aliphatic rings. The van der Waals surface area contributed by atoms with Gasteiger partial charge in [0.05, 0.1) is 6.61 Å². The number of Topliss-reactive ketones (excluding diaryl/α,β-unsaturated/α-hetero) is 1. The topological polar surface area (TPSA) is 66.4 Å². The lowest BCUT2D eigenvalue weighted by Gasteiger charge is -2.10. The Labute approximate surface area is 125 Å². The second-order valence-corrected chi connectivity index (χ2v) is 5.18. The van der Waals surface area contributed by atoms with Gasteiger partial charge in [0.1, 0.15) is 5.78 Å². The third-order valence-electron chi connectivity index (χ3n) is 3.01. The Morgan fingerprint density at radius 1 is 1.38 bits per heavy atom. The Bertz CT molecular complexity index is 509. The fourth-order valence-electron chi connectivity index (χ4n) is 1.82. The summed E-state index contributed by atoms with van der Waals surface area (Å²) < 4.78 is 0. The first-order valence-electron chi connectivity index (χ1n) is 7.20. The molecule has 0 aliphatic carbocycles. The Balaban J connectivity index is 2.57. The zero-order valence-electron chi connectivity index (χ0n) is 12.6. The van der Waals surface area contributed by atoms with Gasteiger partial charge < -0.3 is 15.2 Å². The highest BCUT2D eigenvalue weighted by molar-refractivity contribution is 5.94. The molecular weight excluding hydrogens is 266 g/mol. The predicted molar refractivity (Wildman–Crippen MR) is 84.0 cm³/mol. The largest absolute Gasteiger partial charge is 0.394 e. The lowest BCUT2D eigenvalue weighted by molar-refractivity contribution is -0.117. The number of carbonyl (C=O) groups is 2. The van der Waals surface area contributed by atoms with Crippen LogP contribution in [0.2, 0.25) is 0 Å². The van der Waals surface area contributed by atoms with Crippen molar-refractivity contribution < 1.29 is 14.7 Å². The minimum Gasteiger partial charge on any atom is -0.394 e. The van der Waals surface area contributed by atoms with E-state index in [9.17, 15) is 9.59 Å². The molecule has 0 fully saturated rings. The van der Waals surface area contributed by atoms with Crippen LogP contribution in [0.3, 0.4) is 0 Å². The third-order valence-corrected chi connectivity index (χ3v) is 3.01. The molecule has 1 atom stereocenters. The number of nitrogens with one attached hydrogen (secondary N) is 1. The van der Waals surface area contributed by atoms with Crippen molar-refractivity contribution in [1.29, 1.82) is 0 Å². The molecule has 0 aliphatic heterocycles. The Hall–Kier alpha value is -1.94. The summed E-state index contributed by atoms with van der Waals surface area (Å²) in [4.78, 5) is 22.8. The van der Waals surface area contributed by atoms with E-state index >= 15 is 0 Å². The van der Waals surface area contributed by atoms with E-state index in [4.69, 9.17) is 5.11 Å². The van der Waals surface area contributed by atoms with Crippen molar-refractivity contribution in [2.45, 2.75) is 39.2 Å². The van der Waals surface area contributed by atoms with Gasteiger partial charge in [0.15, 0.2) is 0 Å². The number of aliphatic hydroxyl groups is 1. The van der Waals surface area contributed by atoms with Gasteiger partial charge in [0.25, 0.3) is 5.91 Å². The maximum atomic E-state index is 11.9. The average molecular weight is 289 g/mol. The van der Waals surface area contributed by atoms with E-state index in [1.54, 1.807) is 26.0 Å². The summed E-state index contributed by atoms with van der Waals surface area (Å²) in [5, 5.41) is 11.7. The molecule has 0 spiro atoms. The summed E-state index contributed by atoms with van der Waals surface area (Å²) in [6.45, 7) is 3.26. The fraction of sp³-hybridized carbons (Fsp3) is 0.412. The van der Waals surface area contributed by atoms with Crippen LogP contribution in [-0.2, 0) is 4.79 Å². The summed E-state index contributed by atoms with van der Waals surface area (Å²) in [7, 11) is 0. The zero-order valence-corrected chi connectivity index (χ0v) is 12.6. The number of amides is 1. The lowest BCUT2D eigenvalue weighted by Crippen LogP contribution is -2.34. The number of hydrogen-bond acceptors (Lipinski definition) is 3. The number of benzene rings is 1. The maximum Gasteiger partial charge on any atom is 0.251 e. The molecule has 0 aromatic heterocycles. The van der Waals surface area contributed by atoms with Gasteiger partial charge in [-0.2, -0.15) is 0 Å². The number of hydrogen-bond donors (Lipinski definition) is 2. The van der Waals surface area contributed by atoms with E-state index in [0.29, 0.717) is 12.0 Å². The summed E-state index contributed by atoms with van der Waals surface area (Å²) in [6, 6.07) is 7.04. The SMILES string of the molecule is CC(=O)CCC/C=C\c1cccc(C(=O)NC(C)CO)c1. The van der Waals surface area contributed by atoms with Gasteiger partial charge in [-0.15, -0.1) is 0 Å². The maximum absolute atomic E-state index is 11.9. The molecule has 4 nitrogen and oxygen atoms in total. The molecule has 114 valence electrons. The Morgan fingerprint density at radius 2 is 2.14 bits per heavy atom. The minimum absolute atomic E-state index is 0.0819. The van der Waals surface area contributed by atoms with Crippen LogP contribution >= 0.6 is 0 Å². The van der Waals surface area contributed by atoms with Gasteiger partial charge in [-0.25, -0.2) is 0 Å². The van der Waals surface area contributed by atoms with Crippen LogP contribution < -0.4 is 5.32 Å². The zero-order chi connectivity index (χ0) is 15.7. The number of unbranched alkanes of at least 4 members (excludes halogenated alkanes) is 1. The van der Waals surface area contributed by atoms with E-state index in [2.05, 4.69) is 5.32 Å². The van der Waals surface area contributed by atoms with Crippen molar-refractivity contribution in [2.75, 3.05) is 6.61 Å². The van der Waals surface area contributed by atoms with Crippen molar-refractivity contribution in [2.24, 2.45) is 0 Å². The van der Waals surface area contributed by atoms with E-state index in [-0.39, 0.29) is 24.3 Å². The normalized spacial score (nSPS) is 12.3. The van der Waals surface area contributed by atoms with Crippen molar-refractivity contribution in [3.05, 3.63) is 41.5 Å². The summed E-state index contributed by atoms with van der Waals surface area (Å²) >= 11 is 0. The number of carbonyl (C=O) groups excluding carboxylic acids is 2. The molecule has 0 saturated heterocycles. The van der Waals surface area contributed by atoms with Crippen LogP contribution in [0.1, 0.15) is 49.0 Å². The minimum atomic E-state index is -0.261. The second-order valence-electron chi connectivity index (χ2n) is 5.18. The molecular formula is C17H23NO3. The van der Waals surface area contributed by atoms with Crippen molar-refractivity contribution in [3.63, 3.8) is 0 Å². The second kappa shape index (κ2) is 9.08. The Kier molecular flexibility index (Phi) is 7.40. The smallest absolute Gasteiger partial charge is 0.251 e. The standard InChI is InChI=1S/C17H23NO3/c1-13(12-19)18-17(21)16-10-6-9-15(11-16)8-5-3-4-7-14(2)20/h5-6,8-11,13,19H,3-4,7,12H2,1-2H3,(H,18,21)/b8-5-. The Morgan fingerprint density at radius 3 is 2.81 bits per heavy atom. The molecule has 0 bridgehead atoms. The van der Waals surface area contributed by atoms with Crippen molar-refractivity contribution in [3.8, 4) is 0 Å². The molecule has 0 radical (unpaired) electrons. The summed E-state index contributed by atoms with van der Waals surface area (Å²) in [5.74, 6) is 0.0171. The predicted octanol–water partition coefficient (Wildman–Crippen LogP) is 2.57. The number of aliphatic hydroxyl groups excluding tert-OH is 1. The quantitative estimate of drug-likeness (QED) is 0.723. The first-order valence-corrected chi connectivity index (χ1v) is 7.20. The van der Waals surface area contributed by atoms with E-state index < -0.39 is 0 Å². The molecule has 1 rings (SSSR count). The molecule has 1 amide bonds. The highest BCUT2D eigenvalue weighted by Gasteiger charge is 2.08. The summed E-state index contributed by atoms with van der Waals surface area (Å²) in [5.41, 5.74) is 1.52. The molecule has 1 aromatic rings. The molecule has 1 unspecified atom stereocenters. The van der Waals surface area contributed by atoms with Crippen LogP contribution in [0.5, 0.6) is 0 Å². The molecule has 2 N–H and O–H groups in total. The van der Waals surface area contributed by atoms with Crippen LogP contribution in [0.15, 0.2) is 30.3 Å². The van der Waals surface area contributed by atoms with Crippen LogP contribution in [0, 0.1) is 0 Å². The fourth-order valence-corrected chi connectivity index (χ4v) is 1.82. The van der Waals surface area contributed by atoms with E-state index in [0.717, 1.165) is 18.4 Å². The first-order chi connectivity index (χ1) is 10.0. The highest BCUT2D eigenvalue weighted by Crippen LogP contribution is 2.09. The molecule has 0 saturated carbocycles. The van der Waals surface area contributed by atoms with Gasteiger partial charge in [-0.05, 0) is 44.4 Å². The van der Waals surface area contributed by atoms with E-state index in [1.807, 2.05) is 24.3 Å². The monoisotopic (exact) mass is 289 g/mol. The number of allylic oxidation sites excluding steroid dienone is 1. The molecule has 4 heteroatoms. The van der Waals surface area contributed by atoms with Gasteiger partial charge in [0, 0.05) is 18.0 Å². The average Bonchev–Trinajstić information content (AvgIpc) is 2.46. The number of ketones is 1. The van der Waals surface area contributed by atoms with Crippen molar-refractivity contribution >= 4 is 17.8 Å². The van der Waals surface area contributed by atoms with Crippen LogP contribution in [0.25, 0.3) is 6.08 Å². The van der Waals surface area contributed by atoms with Gasteiger partial charge in [-0.3, -0.25) is 4.79 Å². The van der Waals surface area contributed by atoms with Crippen LogP contribution in [-0.4, -0.2) is 29.4 Å². The van der Waals surface area contributed by atoms with E-state index in [1.165, 1.54) is 0 Å².